The monoisotopic (exact) mass is 432 g/mol. The summed E-state index contributed by atoms with van der Waals surface area (Å²) in [4.78, 5) is 12.1. The van der Waals surface area contributed by atoms with Crippen LogP contribution in [0.3, 0.4) is 0 Å². The molecule has 0 unspecified atom stereocenters. The van der Waals surface area contributed by atoms with E-state index in [0.29, 0.717) is 0 Å². The molecule has 0 aromatic heterocycles. The van der Waals surface area contributed by atoms with Crippen LogP contribution in [0.15, 0.2) is 60.2 Å². The summed E-state index contributed by atoms with van der Waals surface area (Å²) in [7, 11) is 0. The standard InChI is InChI=1S/C30H40O2/c1-3-5-7-8-10-11-24-13-18-26(19-14-24)27-20-15-25(16-21-27)17-22-28-23-29(32-30(28)31)12-9-6-4-2/h13-16,18-21,23,29H,3-12,17,22H2,1-2H3/t29-/m1/s1. The molecule has 0 fully saturated rings. The van der Waals surface area contributed by atoms with Gasteiger partial charge in [-0.25, -0.2) is 4.79 Å². The lowest BCUT2D eigenvalue weighted by atomic mass is 9.98. The summed E-state index contributed by atoms with van der Waals surface area (Å²) in [5, 5.41) is 0. The number of unbranched alkanes of at least 4 members (excludes halogenated alkanes) is 6. The fourth-order valence-electron chi connectivity index (χ4n) is 4.40. The van der Waals surface area contributed by atoms with Gasteiger partial charge in [0.15, 0.2) is 0 Å². The van der Waals surface area contributed by atoms with E-state index in [2.05, 4.69) is 68.5 Å². The first-order valence-electron chi connectivity index (χ1n) is 12.8. The van der Waals surface area contributed by atoms with Crippen molar-refractivity contribution >= 4 is 5.97 Å². The van der Waals surface area contributed by atoms with Crippen LogP contribution >= 0.6 is 0 Å². The highest BCUT2D eigenvalue weighted by molar-refractivity contribution is 5.90. The summed E-state index contributed by atoms with van der Waals surface area (Å²) in [6.07, 6.45) is 16.0. The summed E-state index contributed by atoms with van der Waals surface area (Å²) in [5.41, 5.74) is 6.06. The van der Waals surface area contributed by atoms with Gasteiger partial charge in [-0.15, -0.1) is 0 Å². The van der Waals surface area contributed by atoms with Gasteiger partial charge < -0.3 is 4.74 Å². The SMILES string of the molecule is CCCCCCCc1ccc(-c2ccc(CCC3=C[C@@H](CCCCC)OC3=O)cc2)cc1. The lowest BCUT2D eigenvalue weighted by Crippen LogP contribution is -2.08. The lowest BCUT2D eigenvalue weighted by molar-refractivity contribution is -0.140. The van der Waals surface area contributed by atoms with Gasteiger partial charge in [-0.1, -0.05) is 101 Å². The quantitative estimate of drug-likeness (QED) is 0.222. The Kier molecular flexibility index (Phi) is 10.1. The highest BCUT2D eigenvalue weighted by atomic mass is 16.5. The van der Waals surface area contributed by atoms with Crippen LogP contribution in [0, 0.1) is 0 Å². The van der Waals surface area contributed by atoms with E-state index in [1.807, 2.05) is 0 Å². The molecule has 32 heavy (non-hydrogen) atoms. The van der Waals surface area contributed by atoms with Gasteiger partial charge in [-0.05, 0) is 66.9 Å². The van der Waals surface area contributed by atoms with Crippen LogP contribution in [0.4, 0.5) is 0 Å². The maximum absolute atomic E-state index is 12.1. The number of hydrogen-bond acceptors (Lipinski definition) is 2. The molecule has 3 rings (SSSR count). The molecule has 0 saturated carbocycles. The van der Waals surface area contributed by atoms with Gasteiger partial charge in [0.1, 0.15) is 6.10 Å². The Morgan fingerprint density at radius 2 is 1.22 bits per heavy atom. The van der Waals surface area contributed by atoms with Gasteiger partial charge in [-0.2, -0.15) is 0 Å². The Balaban J connectivity index is 1.46. The highest BCUT2D eigenvalue weighted by Gasteiger charge is 2.24. The van der Waals surface area contributed by atoms with Crippen LogP contribution in [0.1, 0.15) is 89.2 Å². The molecule has 1 aliphatic rings. The van der Waals surface area contributed by atoms with Crippen molar-refractivity contribution in [3.63, 3.8) is 0 Å². The minimum Gasteiger partial charge on any atom is -0.455 e. The largest absolute Gasteiger partial charge is 0.455 e. The molecule has 1 heterocycles. The predicted molar refractivity (Wildman–Crippen MR) is 135 cm³/mol. The molecule has 1 aliphatic heterocycles. The lowest BCUT2D eigenvalue weighted by Gasteiger charge is -2.07. The number of carbonyl (C=O) groups is 1. The molecule has 0 spiro atoms. The molecule has 172 valence electrons. The molecular formula is C30H40O2. The molecule has 2 nitrogen and oxygen atoms in total. The zero-order valence-corrected chi connectivity index (χ0v) is 20.1. The molecule has 0 N–H and O–H groups in total. The third-order valence-electron chi connectivity index (χ3n) is 6.49. The topological polar surface area (TPSA) is 26.3 Å². The zero-order chi connectivity index (χ0) is 22.6. The Hall–Kier alpha value is -2.35. The smallest absolute Gasteiger partial charge is 0.334 e. The number of ether oxygens (including phenoxy) is 1. The normalized spacial score (nSPS) is 15.6. The van der Waals surface area contributed by atoms with Crippen LogP contribution < -0.4 is 0 Å². The minimum atomic E-state index is -0.117. The van der Waals surface area contributed by atoms with E-state index in [4.69, 9.17) is 4.74 Å². The summed E-state index contributed by atoms with van der Waals surface area (Å²) >= 11 is 0. The van der Waals surface area contributed by atoms with Crippen molar-refractivity contribution < 1.29 is 9.53 Å². The van der Waals surface area contributed by atoms with Gasteiger partial charge >= 0.3 is 5.97 Å². The van der Waals surface area contributed by atoms with Crippen molar-refractivity contribution in [2.75, 3.05) is 0 Å². The van der Waals surface area contributed by atoms with E-state index >= 15 is 0 Å². The maximum atomic E-state index is 12.1. The summed E-state index contributed by atoms with van der Waals surface area (Å²) < 4.78 is 5.51. The fraction of sp³-hybridized carbons (Fsp3) is 0.500. The number of carbonyl (C=O) groups excluding carboxylic acids is 1. The molecule has 2 heteroatoms. The molecule has 0 aliphatic carbocycles. The summed E-state index contributed by atoms with van der Waals surface area (Å²) in [6.45, 7) is 4.46. The number of rotatable bonds is 14. The second kappa shape index (κ2) is 13.3. The Morgan fingerprint density at radius 1 is 0.656 bits per heavy atom. The average molecular weight is 433 g/mol. The van der Waals surface area contributed by atoms with Crippen LogP contribution in [0.2, 0.25) is 0 Å². The van der Waals surface area contributed by atoms with Crippen molar-refractivity contribution in [3.8, 4) is 11.1 Å². The fourth-order valence-corrected chi connectivity index (χ4v) is 4.40. The van der Waals surface area contributed by atoms with Crippen molar-refractivity contribution in [2.45, 2.75) is 97.0 Å². The van der Waals surface area contributed by atoms with Crippen molar-refractivity contribution in [1.82, 2.24) is 0 Å². The molecule has 1 atom stereocenters. The number of hydrogen-bond donors (Lipinski definition) is 0. The van der Waals surface area contributed by atoms with E-state index < -0.39 is 0 Å². The van der Waals surface area contributed by atoms with E-state index in [9.17, 15) is 4.79 Å². The van der Waals surface area contributed by atoms with E-state index in [1.54, 1.807) is 0 Å². The van der Waals surface area contributed by atoms with Gasteiger partial charge in [0, 0.05) is 5.57 Å². The third kappa shape index (κ3) is 7.65. The molecule has 0 saturated heterocycles. The van der Waals surface area contributed by atoms with E-state index in [0.717, 1.165) is 31.3 Å². The Bertz CT molecular complexity index is 845. The molecule has 0 radical (unpaired) electrons. The number of esters is 1. The Labute approximate surface area is 195 Å². The van der Waals surface area contributed by atoms with Crippen LogP contribution in [0.5, 0.6) is 0 Å². The first-order valence-corrected chi connectivity index (χ1v) is 12.8. The second-order valence-electron chi connectivity index (χ2n) is 9.19. The minimum absolute atomic E-state index is 0.00858. The van der Waals surface area contributed by atoms with Gasteiger partial charge in [0.25, 0.3) is 0 Å². The van der Waals surface area contributed by atoms with Gasteiger partial charge in [-0.3, -0.25) is 0 Å². The predicted octanol–water partition coefficient (Wildman–Crippen LogP) is 8.23. The second-order valence-corrected chi connectivity index (χ2v) is 9.19. The molecular weight excluding hydrogens is 392 g/mol. The van der Waals surface area contributed by atoms with Gasteiger partial charge in [0.2, 0.25) is 0 Å². The molecule has 0 bridgehead atoms. The van der Waals surface area contributed by atoms with E-state index in [-0.39, 0.29) is 12.1 Å². The first kappa shape index (κ1) is 24.3. The molecule has 2 aromatic carbocycles. The summed E-state index contributed by atoms with van der Waals surface area (Å²) in [5.74, 6) is -0.117. The number of aryl methyl sites for hydroxylation is 2. The number of cyclic esters (lactones) is 1. The van der Waals surface area contributed by atoms with Crippen LogP contribution in [-0.4, -0.2) is 12.1 Å². The number of benzene rings is 2. The van der Waals surface area contributed by atoms with Crippen LogP contribution in [0.25, 0.3) is 11.1 Å². The molecule has 2 aromatic rings. The highest BCUT2D eigenvalue weighted by Crippen LogP contribution is 2.25. The van der Waals surface area contributed by atoms with Crippen LogP contribution in [-0.2, 0) is 22.4 Å². The van der Waals surface area contributed by atoms with E-state index in [1.165, 1.54) is 73.6 Å². The van der Waals surface area contributed by atoms with Crippen molar-refractivity contribution in [1.29, 1.82) is 0 Å². The zero-order valence-electron chi connectivity index (χ0n) is 20.1. The first-order chi connectivity index (χ1) is 15.7. The third-order valence-corrected chi connectivity index (χ3v) is 6.49. The van der Waals surface area contributed by atoms with Crippen molar-refractivity contribution in [3.05, 3.63) is 71.3 Å². The van der Waals surface area contributed by atoms with Crippen molar-refractivity contribution in [2.24, 2.45) is 0 Å². The Morgan fingerprint density at radius 3 is 1.84 bits per heavy atom. The summed E-state index contributed by atoms with van der Waals surface area (Å²) in [6, 6.07) is 17.8. The molecule has 0 amide bonds. The maximum Gasteiger partial charge on any atom is 0.334 e. The average Bonchev–Trinajstić information content (AvgIpc) is 3.18. The van der Waals surface area contributed by atoms with Gasteiger partial charge in [0.05, 0.1) is 0 Å².